The van der Waals surface area contributed by atoms with Crippen molar-refractivity contribution < 1.29 is 4.74 Å². The first-order valence-electron chi connectivity index (χ1n) is 4.88. The van der Waals surface area contributed by atoms with Gasteiger partial charge in [-0.3, -0.25) is 0 Å². The number of methoxy groups -OCH3 is 1. The summed E-state index contributed by atoms with van der Waals surface area (Å²) in [5.41, 5.74) is 2.21. The number of nitrogens with zero attached hydrogens (tertiary/aromatic N) is 2. The Balaban J connectivity index is 2.73. The van der Waals surface area contributed by atoms with Crippen LogP contribution in [-0.2, 0) is 0 Å². The molecule has 82 valence electrons. The molecule has 0 amide bonds. The van der Waals surface area contributed by atoms with Crippen LogP contribution in [-0.4, -0.2) is 23.6 Å². The van der Waals surface area contributed by atoms with Crippen LogP contribution in [0, 0.1) is 6.92 Å². The van der Waals surface area contributed by atoms with E-state index in [0.29, 0.717) is 5.88 Å². The summed E-state index contributed by atoms with van der Waals surface area (Å²) in [6.45, 7) is 6.83. The van der Waals surface area contributed by atoms with Crippen LogP contribution < -0.4 is 10.1 Å². The second-order valence-electron chi connectivity index (χ2n) is 3.52. The summed E-state index contributed by atoms with van der Waals surface area (Å²) in [6.07, 6.45) is 3.60. The van der Waals surface area contributed by atoms with E-state index in [0.717, 1.165) is 17.9 Å². The Bertz CT molecular complexity index is 357. The molecule has 0 aromatic carbocycles. The number of nitrogens with one attached hydrogen (secondary N) is 1. The van der Waals surface area contributed by atoms with E-state index < -0.39 is 0 Å². The molecule has 0 radical (unpaired) electrons. The molecule has 0 bridgehead atoms. The minimum Gasteiger partial charge on any atom is -0.481 e. The van der Waals surface area contributed by atoms with Crippen LogP contribution in [0.3, 0.4) is 0 Å². The second-order valence-corrected chi connectivity index (χ2v) is 3.52. The lowest BCUT2D eigenvalue weighted by molar-refractivity contribution is 0.394. The molecule has 1 aromatic heterocycles. The topological polar surface area (TPSA) is 47.0 Å². The van der Waals surface area contributed by atoms with Gasteiger partial charge in [-0.2, -0.15) is 0 Å². The van der Waals surface area contributed by atoms with Gasteiger partial charge in [0.1, 0.15) is 12.1 Å². The molecule has 1 rings (SSSR count). The number of allylic oxidation sites excluding steroid dienone is 1. The summed E-state index contributed by atoms with van der Waals surface area (Å²) in [5.74, 6) is 1.43. The first-order valence-corrected chi connectivity index (χ1v) is 4.88. The van der Waals surface area contributed by atoms with Gasteiger partial charge in [-0.05, 0) is 20.8 Å². The molecule has 1 heterocycles. The van der Waals surface area contributed by atoms with Crippen molar-refractivity contribution in [3.8, 4) is 5.88 Å². The number of hydrogen-bond donors (Lipinski definition) is 1. The third kappa shape index (κ3) is 3.23. The third-order valence-corrected chi connectivity index (χ3v) is 2.01. The van der Waals surface area contributed by atoms with Gasteiger partial charge in [-0.25, -0.2) is 9.97 Å². The third-order valence-electron chi connectivity index (χ3n) is 2.01. The fourth-order valence-electron chi connectivity index (χ4n) is 1.17. The highest BCUT2D eigenvalue weighted by atomic mass is 16.5. The van der Waals surface area contributed by atoms with Crippen molar-refractivity contribution in [2.45, 2.75) is 20.8 Å². The molecule has 0 saturated carbocycles. The van der Waals surface area contributed by atoms with Gasteiger partial charge in [0.05, 0.1) is 12.7 Å². The molecule has 4 nitrogen and oxygen atoms in total. The van der Waals surface area contributed by atoms with E-state index in [1.54, 1.807) is 7.11 Å². The molecule has 0 spiro atoms. The fraction of sp³-hybridized carbons (Fsp3) is 0.455. The largest absolute Gasteiger partial charge is 0.481 e. The summed E-state index contributed by atoms with van der Waals surface area (Å²) in [7, 11) is 1.61. The molecule has 0 unspecified atom stereocenters. The minimum atomic E-state index is 0.615. The minimum absolute atomic E-state index is 0.615. The zero-order valence-corrected chi connectivity index (χ0v) is 9.66. The van der Waals surface area contributed by atoms with E-state index in [4.69, 9.17) is 4.74 Å². The number of ether oxygens (including phenoxy) is 1. The fourth-order valence-corrected chi connectivity index (χ4v) is 1.17. The Morgan fingerprint density at radius 3 is 2.80 bits per heavy atom. The zero-order chi connectivity index (χ0) is 11.3. The van der Waals surface area contributed by atoms with Crippen molar-refractivity contribution in [3.63, 3.8) is 0 Å². The zero-order valence-electron chi connectivity index (χ0n) is 9.66. The van der Waals surface area contributed by atoms with E-state index in [-0.39, 0.29) is 0 Å². The second kappa shape index (κ2) is 5.34. The Hall–Kier alpha value is -1.58. The van der Waals surface area contributed by atoms with Gasteiger partial charge in [-0.1, -0.05) is 11.6 Å². The van der Waals surface area contributed by atoms with Gasteiger partial charge in [0.2, 0.25) is 5.88 Å². The molecule has 4 heteroatoms. The maximum absolute atomic E-state index is 5.11. The van der Waals surface area contributed by atoms with Gasteiger partial charge < -0.3 is 10.1 Å². The highest BCUT2D eigenvalue weighted by Crippen LogP contribution is 2.19. The van der Waals surface area contributed by atoms with Gasteiger partial charge in [-0.15, -0.1) is 0 Å². The molecular weight excluding hydrogens is 190 g/mol. The molecule has 0 fully saturated rings. The Morgan fingerprint density at radius 2 is 2.20 bits per heavy atom. The van der Waals surface area contributed by atoms with Crippen molar-refractivity contribution in [1.82, 2.24) is 9.97 Å². The van der Waals surface area contributed by atoms with E-state index >= 15 is 0 Å². The summed E-state index contributed by atoms with van der Waals surface area (Å²) in [4.78, 5) is 8.16. The molecule has 15 heavy (non-hydrogen) atoms. The van der Waals surface area contributed by atoms with Crippen molar-refractivity contribution in [3.05, 3.63) is 23.5 Å². The number of rotatable bonds is 4. The van der Waals surface area contributed by atoms with E-state index in [1.807, 2.05) is 6.92 Å². The molecule has 1 aromatic rings. The highest BCUT2D eigenvalue weighted by molar-refractivity contribution is 5.47. The molecule has 0 atom stereocenters. The van der Waals surface area contributed by atoms with Crippen LogP contribution in [0.5, 0.6) is 5.88 Å². The lowest BCUT2D eigenvalue weighted by Crippen LogP contribution is -2.05. The highest BCUT2D eigenvalue weighted by Gasteiger charge is 2.05. The summed E-state index contributed by atoms with van der Waals surface area (Å²) in [5, 5.41) is 3.21. The standard InChI is InChI=1S/C11H17N3O/c1-8(2)5-6-12-10-9(3)11(15-4)14-7-13-10/h5,7H,6H2,1-4H3,(H,12,13,14). The van der Waals surface area contributed by atoms with Gasteiger partial charge in [0.25, 0.3) is 0 Å². The molecule has 1 N–H and O–H groups in total. The van der Waals surface area contributed by atoms with Gasteiger partial charge >= 0.3 is 0 Å². The number of aromatic nitrogens is 2. The Morgan fingerprint density at radius 1 is 1.47 bits per heavy atom. The maximum Gasteiger partial charge on any atom is 0.221 e. The number of hydrogen-bond acceptors (Lipinski definition) is 4. The van der Waals surface area contributed by atoms with Crippen molar-refractivity contribution in [2.75, 3.05) is 19.0 Å². The van der Waals surface area contributed by atoms with Crippen molar-refractivity contribution in [2.24, 2.45) is 0 Å². The molecule has 0 aliphatic carbocycles. The average Bonchev–Trinajstić information content (AvgIpc) is 2.20. The van der Waals surface area contributed by atoms with Crippen LogP contribution in [0.25, 0.3) is 0 Å². The number of anilines is 1. The van der Waals surface area contributed by atoms with E-state index in [9.17, 15) is 0 Å². The summed E-state index contributed by atoms with van der Waals surface area (Å²) in [6, 6.07) is 0. The monoisotopic (exact) mass is 207 g/mol. The summed E-state index contributed by atoms with van der Waals surface area (Å²) < 4.78 is 5.11. The molecule has 0 saturated heterocycles. The van der Waals surface area contributed by atoms with E-state index in [2.05, 4.69) is 35.2 Å². The smallest absolute Gasteiger partial charge is 0.221 e. The predicted molar refractivity (Wildman–Crippen MR) is 61.2 cm³/mol. The first kappa shape index (κ1) is 11.5. The Kier molecular flexibility index (Phi) is 4.09. The van der Waals surface area contributed by atoms with Crippen LogP contribution in [0.4, 0.5) is 5.82 Å². The van der Waals surface area contributed by atoms with Gasteiger partial charge in [0, 0.05) is 6.54 Å². The lowest BCUT2D eigenvalue weighted by atomic mass is 10.3. The average molecular weight is 207 g/mol. The lowest BCUT2D eigenvalue weighted by Gasteiger charge is -2.08. The normalized spacial score (nSPS) is 9.60. The quantitative estimate of drug-likeness (QED) is 0.769. The molecule has 0 aliphatic heterocycles. The van der Waals surface area contributed by atoms with Gasteiger partial charge in [0.15, 0.2) is 0 Å². The van der Waals surface area contributed by atoms with E-state index in [1.165, 1.54) is 11.9 Å². The molecular formula is C11H17N3O. The summed E-state index contributed by atoms with van der Waals surface area (Å²) >= 11 is 0. The van der Waals surface area contributed by atoms with Crippen LogP contribution in [0.15, 0.2) is 18.0 Å². The first-order chi connectivity index (χ1) is 7.15. The molecule has 0 aliphatic rings. The van der Waals surface area contributed by atoms with Crippen molar-refractivity contribution in [1.29, 1.82) is 0 Å². The Labute approximate surface area is 90.4 Å². The van der Waals surface area contributed by atoms with Crippen LogP contribution >= 0.6 is 0 Å². The van der Waals surface area contributed by atoms with Crippen molar-refractivity contribution >= 4 is 5.82 Å². The van der Waals surface area contributed by atoms with Crippen LogP contribution in [0.1, 0.15) is 19.4 Å². The maximum atomic E-state index is 5.11. The predicted octanol–water partition coefficient (Wildman–Crippen LogP) is 2.17. The SMILES string of the molecule is COc1ncnc(NCC=C(C)C)c1C. The van der Waals surface area contributed by atoms with Crippen LogP contribution in [0.2, 0.25) is 0 Å².